The van der Waals surface area contributed by atoms with E-state index in [1.807, 2.05) is 18.2 Å². The Balaban J connectivity index is 2.02. The monoisotopic (exact) mass is 415 g/mol. The van der Waals surface area contributed by atoms with Crippen molar-refractivity contribution in [2.45, 2.75) is 11.9 Å². The standard InChI is InChI=1S/C15H12Br2ClNO/c16-8-10-2-1-3-11(6-10)9-19-15(20)12-4-5-14(18)13(17)7-12/h1-7H,8-9H2,(H,19,20). The molecule has 104 valence electrons. The SMILES string of the molecule is O=C(NCc1cccc(CBr)c1)c1ccc(Cl)c(Br)c1. The minimum Gasteiger partial charge on any atom is -0.348 e. The molecule has 2 aromatic rings. The van der Waals surface area contributed by atoms with Crippen molar-refractivity contribution in [2.75, 3.05) is 0 Å². The molecule has 0 atom stereocenters. The average Bonchev–Trinajstić information content (AvgIpc) is 2.47. The smallest absolute Gasteiger partial charge is 0.251 e. The first-order valence-corrected chi connectivity index (χ1v) is 8.26. The van der Waals surface area contributed by atoms with Gasteiger partial charge in [-0.2, -0.15) is 0 Å². The number of halogens is 3. The van der Waals surface area contributed by atoms with Crippen molar-refractivity contribution in [1.82, 2.24) is 5.32 Å². The molecule has 1 amide bonds. The summed E-state index contributed by atoms with van der Waals surface area (Å²) < 4.78 is 0.716. The van der Waals surface area contributed by atoms with Crippen LogP contribution < -0.4 is 5.32 Å². The molecule has 2 rings (SSSR count). The summed E-state index contributed by atoms with van der Waals surface area (Å²) in [6.07, 6.45) is 0. The molecule has 1 N–H and O–H groups in total. The first-order chi connectivity index (χ1) is 9.60. The summed E-state index contributed by atoms with van der Waals surface area (Å²) >= 11 is 12.6. The van der Waals surface area contributed by atoms with Gasteiger partial charge >= 0.3 is 0 Å². The molecule has 0 aliphatic carbocycles. The van der Waals surface area contributed by atoms with Gasteiger partial charge in [0.05, 0.1) is 5.02 Å². The van der Waals surface area contributed by atoms with Crippen molar-refractivity contribution in [3.8, 4) is 0 Å². The van der Waals surface area contributed by atoms with E-state index in [1.165, 1.54) is 5.56 Å². The van der Waals surface area contributed by atoms with Gasteiger partial charge in [0.1, 0.15) is 0 Å². The largest absolute Gasteiger partial charge is 0.348 e. The number of alkyl halides is 1. The highest BCUT2D eigenvalue weighted by atomic mass is 79.9. The number of rotatable bonds is 4. The Bertz CT molecular complexity index is 631. The minimum atomic E-state index is -0.119. The molecule has 2 nitrogen and oxygen atoms in total. The summed E-state index contributed by atoms with van der Waals surface area (Å²) in [6, 6.07) is 13.2. The van der Waals surface area contributed by atoms with Crippen LogP contribution in [0.5, 0.6) is 0 Å². The van der Waals surface area contributed by atoms with Gasteiger partial charge < -0.3 is 5.32 Å². The Morgan fingerprint density at radius 3 is 2.60 bits per heavy atom. The van der Waals surface area contributed by atoms with Crippen molar-refractivity contribution in [3.63, 3.8) is 0 Å². The Morgan fingerprint density at radius 2 is 1.90 bits per heavy atom. The third-order valence-electron chi connectivity index (χ3n) is 2.78. The topological polar surface area (TPSA) is 29.1 Å². The van der Waals surface area contributed by atoms with Crippen LogP contribution in [0.4, 0.5) is 0 Å². The van der Waals surface area contributed by atoms with Gasteiger partial charge in [-0.15, -0.1) is 0 Å². The number of nitrogens with one attached hydrogen (secondary N) is 1. The molecule has 0 aromatic heterocycles. The van der Waals surface area contributed by atoms with Gasteiger partial charge in [-0.05, 0) is 45.3 Å². The molecule has 0 spiro atoms. The van der Waals surface area contributed by atoms with Crippen molar-refractivity contribution < 1.29 is 4.79 Å². The number of carbonyl (C=O) groups is 1. The number of hydrogen-bond donors (Lipinski definition) is 1. The third kappa shape index (κ3) is 4.08. The number of carbonyl (C=O) groups excluding carboxylic acids is 1. The van der Waals surface area contributed by atoms with Gasteiger partial charge in [0.25, 0.3) is 5.91 Å². The summed E-state index contributed by atoms with van der Waals surface area (Å²) in [7, 11) is 0. The molecule has 0 aliphatic rings. The molecule has 0 aliphatic heterocycles. The lowest BCUT2D eigenvalue weighted by atomic mass is 10.1. The Kier molecular flexibility index (Phi) is 5.64. The number of hydrogen-bond acceptors (Lipinski definition) is 1. The van der Waals surface area contributed by atoms with Crippen molar-refractivity contribution in [1.29, 1.82) is 0 Å². The van der Waals surface area contributed by atoms with Crippen LogP contribution in [0.1, 0.15) is 21.5 Å². The molecule has 0 radical (unpaired) electrons. The molecule has 5 heteroatoms. The van der Waals surface area contributed by atoms with Crippen LogP contribution in [-0.4, -0.2) is 5.91 Å². The van der Waals surface area contributed by atoms with E-state index in [9.17, 15) is 4.79 Å². The fourth-order valence-electron chi connectivity index (χ4n) is 1.74. The molecule has 0 unspecified atom stereocenters. The van der Waals surface area contributed by atoms with Crippen LogP contribution in [0, 0.1) is 0 Å². The van der Waals surface area contributed by atoms with Gasteiger partial charge in [-0.3, -0.25) is 4.79 Å². The normalized spacial score (nSPS) is 10.3. The van der Waals surface area contributed by atoms with Gasteiger partial charge in [0.2, 0.25) is 0 Å². The summed E-state index contributed by atoms with van der Waals surface area (Å²) in [6.45, 7) is 0.500. The Hall–Kier alpha value is -0.840. The van der Waals surface area contributed by atoms with Crippen molar-refractivity contribution in [3.05, 3.63) is 68.7 Å². The first kappa shape index (κ1) is 15.5. The van der Waals surface area contributed by atoms with Crippen molar-refractivity contribution >= 4 is 49.4 Å². The van der Waals surface area contributed by atoms with Crippen molar-refractivity contribution in [2.24, 2.45) is 0 Å². The van der Waals surface area contributed by atoms with Gasteiger partial charge in [0, 0.05) is 21.9 Å². The summed E-state index contributed by atoms with van der Waals surface area (Å²) in [5.41, 5.74) is 2.84. The number of amides is 1. The average molecular weight is 418 g/mol. The fourth-order valence-corrected chi connectivity index (χ4v) is 2.59. The second kappa shape index (κ2) is 7.25. The lowest BCUT2D eigenvalue weighted by Gasteiger charge is -2.07. The molecular formula is C15H12Br2ClNO. The van der Waals surface area contributed by atoms with E-state index < -0.39 is 0 Å². The number of benzene rings is 2. The molecule has 0 bridgehead atoms. The van der Waals surface area contributed by atoms with E-state index >= 15 is 0 Å². The Labute approximate surface area is 139 Å². The van der Waals surface area contributed by atoms with E-state index in [-0.39, 0.29) is 5.91 Å². The van der Waals surface area contributed by atoms with Crippen LogP contribution in [0.2, 0.25) is 5.02 Å². The van der Waals surface area contributed by atoms with Crippen LogP contribution in [0.3, 0.4) is 0 Å². The molecule has 0 heterocycles. The predicted octanol–water partition coefficient (Wildman–Crippen LogP) is 4.93. The molecular weight excluding hydrogens is 405 g/mol. The van der Waals surface area contributed by atoms with E-state index in [4.69, 9.17) is 11.6 Å². The van der Waals surface area contributed by atoms with Gasteiger partial charge in [-0.1, -0.05) is 51.8 Å². The van der Waals surface area contributed by atoms with E-state index in [0.717, 1.165) is 10.9 Å². The molecule has 2 aromatic carbocycles. The maximum Gasteiger partial charge on any atom is 0.251 e. The maximum absolute atomic E-state index is 12.1. The van der Waals surface area contributed by atoms with Crippen LogP contribution >= 0.6 is 43.5 Å². The molecule has 0 fully saturated rings. The summed E-state index contributed by atoms with van der Waals surface area (Å²) in [4.78, 5) is 12.1. The zero-order chi connectivity index (χ0) is 14.5. The predicted molar refractivity (Wildman–Crippen MR) is 89.4 cm³/mol. The Morgan fingerprint density at radius 1 is 1.15 bits per heavy atom. The zero-order valence-electron chi connectivity index (χ0n) is 10.5. The van der Waals surface area contributed by atoms with Gasteiger partial charge in [-0.25, -0.2) is 0 Å². The molecule has 0 saturated heterocycles. The minimum absolute atomic E-state index is 0.119. The maximum atomic E-state index is 12.1. The van der Waals surface area contributed by atoms with Crippen LogP contribution in [-0.2, 0) is 11.9 Å². The highest BCUT2D eigenvalue weighted by molar-refractivity contribution is 9.10. The lowest BCUT2D eigenvalue weighted by molar-refractivity contribution is 0.0951. The first-order valence-electron chi connectivity index (χ1n) is 5.97. The van der Waals surface area contributed by atoms with Gasteiger partial charge in [0.15, 0.2) is 0 Å². The molecule has 20 heavy (non-hydrogen) atoms. The highest BCUT2D eigenvalue weighted by Gasteiger charge is 2.07. The van der Waals surface area contributed by atoms with Crippen LogP contribution in [0.25, 0.3) is 0 Å². The quantitative estimate of drug-likeness (QED) is 0.703. The highest BCUT2D eigenvalue weighted by Crippen LogP contribution is 2.23. The lowest BCUT2D eigenvalue weighted by Crippen LogP contribution is -2.22. The van der Waals surface area contributed by atoms with Crippen LogP contribution in [0.15, 0.2) is 46.9 Å². The van der Waals surface area contributed by atoms with E-state index in [2.05, 4.69) is 43.2 Å². The summed E-state index contributed by atoms with van der Waals surface area (Å²) in [5, 5.41) is 4.29. The third-order valence-corrected chi connectivity index (χ3v) is 4.64. The van der Waals surface area contributed by atoms with E-state index in [0.29, 0.717) is 21.6 Å². The zero-order valence-corrected chi connectivity index (χ0v) is 14.4. The second-order valence-corrected chi connectivity index (χ2v) is 6.09. The molecule has 0 saturated carbocycles. The fraction of sp³-hybridized carbons (Fsp3) is 0.133. The van der Waals surface area contributed by atoms with E-state index in [1.54, 1.807) is 18.2 Å². The second-order valence-electron chi connectivity index (χ2n) is 4.27. The summed E-state index contributed by atoms with van der Waals surface area (Å²) in [5.74, 6) is -0.119.